The number of benzene rings is 2. The second-order valence-electron chi connectivity index (χ2n) is 7.59. The van der Waals surface area contributed by atoms with Gasteiger partial charge in [-0.2, -0.15) is 5.26 Å². The number of rotatable bonds is 5. The standard InChI is InChI=1S/C23H22BrN5O/c1-15-9-21-20(14-29(15)13-18-4-2-3-17(10-18)11-25)22(30)28-23(27-21)26-12-16-5-7-19(24)8-6-16/h2-8,10,15H,9,12-14H2,1H3,(H2,26,27,28,30)/t15-/m1/s1. The van der Waals surface area contributed by atoms with Gasteiger partial charge in [-0.05, 0) is 42.3 Å². The minimum atomic E-state index is -0.0963. The van der Waals surface area contributed by atoms with Gasteiger partial charge >= 0.3 is 0 Å². The molecule has 1 atom stereocenters. The Bertz CT molecular complexity index is 1150. The van der Waals surface area contributed by atoms with Crippen molar-refractivity contribution in [2.75, 3.05) is 5.32 Å². The Morgan fingerprint density at radius 1 is 1.27 bits per heavy atom. The summed E-state index contributed by atoms with van der Waals surface area (Å²) in [6.45, 7) is 3.97. The molecule has 1 aliphatic heterocycles. The van der Waals surface area contributed by atoms with Gasteiger partial charge in [0.25, 0.3) is 5.56 Å². The Kier molecular flexibility index (Phi) is 5.98. The third-order valence-electron chi connectivity index (χ3n) is 5.39. The second-order valence-corrected chi connectivity index (χ2v) is 8.51. The van der Waals surface area contributed by atoms with E-state index in [2.05, 4.69) is 49.1 Å². The Balaban J connectivity index is 1.49. The van der Waals surface area contributed by atoms with Crippen LogP contribution in [0.2, 0.25) is 0 Å². The van der Waals surface area contributed by atoms with Crippen molar-refractivity contribution in [1.82, 2.24) is 14.9 Å². The Labute approximate surface area is 183 Å². The van der Waals surface area contributed by atoms with Crippen LogP contribution in [-0.2, 0) is 26.1 Å². The van der Waals surface area contributed by atoms with E-state index in [0.29, 0.717) is 37.6 Å². The van der Waals surface area contributed by atoms with Gasteiger partial charge in [-0.15, -0.1) is 0 Å². The quantitative estimate of drug-likeness (QED) is 0.597. The number of nitrogens with one attached hydrogen (secondary N) is 2. The van der Waals surface area contributed by atoms with Gasteiger partial charge in [0.1, 0.15) is 0 Å². The summed E-state index contributed by atoms with van der Waals surface area (Å²) in [5.41, 5.74) is 4.31. The number of nitriles is 1. The Hall–Kier alpha value is -2.95. The summed E-state index contributed by atoms with van der Waals surface area (Å²) < 4.78 is 1.03. The highest BCUT2D eigenvalue weighted by atomic mass is 79.9. The van der Waals surface area contributed by atoms with Crippen molar-refractivity contribution in [3.63, 3.8) is 0 Å². The average Bonchev–Trinajstić information content (AvgIpc) is 2.74. The molecule has 1 aromatic heterocycles. The van der Waals surface area contributed by atoms with Crippen LogP contribution >= 0.6 is 15.9 Å². The number of halogens is 1. The van der Waals surface area contributed by atoms with E-state index in [1.165, 1.54) is 0 Å². The molecule has 2 heterocycles. The van der Waals surface area contributed by atoms with E-state index in [1.807, 2.05) is 42.5 Å². The van der Waals surface area contributed by atoms with Crippen LogP contribution in [0, 0.1) is 11.3 Å². The molecule has 0 saturated heterocycles. The van der Waals surface area contributed by atoms with E-state index in [1.54, 1.807) is 6.07 Å². The van der Waals surface area contributed by atoms with Gasteiger partial charge in [-0.1, -0.05) is 40.2 Å². The monoisotopic (exact) mass is 463 g/mol. The first kappa shape index (κ1) is 20.3. The van der Waals surface area contributed by atoms with E-state index in [4.69, 9.17) is 5.26 Å². The number of hydrogen-bond donors (Lipinski definition) is 2. The fourth-order valence-electron chi connectivity index (χ4n) is 3.70. The maximum absolute atomic E-state index is 12.7. The molecular formula is C23H22BrN5O. The van der Waals surface area contributed by atoms with Gasteiger partial charge in [-0.25, -0.2) is 4.98 Å². The molecule has 30 heavy (non-hydrogen) atoms. The fraction of sp³-hybridized carbons (Fsp3) is 0.261. The van der Waals surface area contributed by atoms with Crippen molar-refractivity contribution in [3.8, 4) is 6.07 Å². The maximum Gasteiger partial charge on any atom is 0.257 e. The summed E-state index contributed by atoms with van der Waals surface area (Å²) in [7, 11) is 0. The summed E-state index contributed by atoms with van der Waals surface area (Å²) in [4.78, 5) is 22.5. The highest BCUT2D eigenvalue weighted by Crippen LogP contribution is 2.22. The molecule has 7 heteroatoms. The van der Waals surface area contributed by atoms with Crippen LogP contribution < -0.4 is 10.9 Å². The van der Waals surface area contributed by atoms with Crippen LogP contribution in [0.15, 0.2) is 57.8 Å². The lowest BCUT2D eigenvalue weighted by Gasteiger charge is -2.34. The molecule has 1 aliphatic rings. The molecule has 0 saturated carbocycles. The Morgan fingerprint density at radius 3 is 2.83 bits per heavy atom. The van der Waals surface area contributed by atoms with Crippen molar-refractivity contribution in [2.45, 2.75) is 39.0 Å². The molecule has 0 unspecified atom stereocenters. The molecule has 0 aliphatic carbocycles. The molecule has 0 radical (unpaired) electrons. The SMILES string of the molecule is C[C@@H]1Cc2nc(NCc3ccc(Br)cc3)[nH]c(=O)c2CN1Cc1cccc(C#N)c1. The van der Waals surface area contributed by atoms with E-state index < -0.39 is 0 Å². The number of aromatic amines is 1. The van der Waals surface area contributed by atoms with Crippen LogP contribution in [0.25, 0.3) is 0 Å². The minimum Gasteiger partial charge on any atom is -0.352 e. The smallest absolute Gasteiger partial charge is 0.257 e. The van der Waals surface area contributed by atoms with Crippen molar-refractivity contribution in [2.24, 2.45) is 0 Å². The first-order valence-electron chi connectivity index (χ1n) is 9.85. The largest absolute Gasteiger partial charge is 0.352 e. The van der Waals surface area contributed by atoms with Gasteiger partial charge in [-0.3, -0.25) is 14.7 Å². The predicted octanol–water partition coefficient (Wildman–Crippen LogP) is 3.96. The predicted molar refractivity (Wildman–Crippen MR) is 120 cm³/mol. The molecule has 152 valence electrons. The van der Waals surface area contributed by atoms with Gasteiger partial charge in [0.2, 0.25) is 5.95 Å². The molecule has 2 aromatic carbocycles. The third kappa shape index (κ3) is 4.61. The zero-order valence-corrected chi connectivity index (χ0v) is 18.2. The maximum atomic E-state index is 12.7. The van der Waals surface area contributed by atoms with Crippen LogP contribution in [0.5, 0.6) is 0 Å². The van der Waals surface area contributed by atoms with Crippen LogP contribution in [0.3, 0.4) is 0 Å². The van der Waals surface area contributed by atoms with Gasteiger partial charge in [0.05, 0.1) is 22.9 Å². The number of nitrogens with zero attached hydrogens (tertiary/aromatic N) is 3. The highest BCUT2D eigenvalue weighted by Gasteiger charge is 2.26. The lowest BCUT2D eigenvalue weighted by Crippen LogP contribution is -2.41. The first-order chi connectivity index (χ1) is 14.5. The van der Waals surface area contributed by atoms with Crippen LogP contribution in [-0.4, -0.2) is 20.9 Å². The zero-order valence-electron chi connectivity index (χ0n) is 16.7. The van der Waals surface area contributed by atoms with Gasteiger partial charge in [0, 0.05) is 36.6 Å². The number of fused-ring (bicyclic) bond motifs is 1. The molecule has 0 fully saturated rings. The highest BCUT2D eigenvalue weighted by molar-refractivity contribution is 9.10. The lowest BCUT2D eigenvalue weighted by atomic mass is 9.99. The summed E-state index contributed by atoms with van der Waals surface area (Å²) in [6, 6.07) is 18.1. The van der Waals surface area contributed by atoms with Crippen molar-refractivity contribution >= 4 is 21.9 Å². The molecule has 0 bridgehead atoms. The molecule has 4 rings (SSSR count). The number of H-pyrrole nitrogens is 1. The molecule has 3 aromatic rings. The summed E-state index contributed by atoms with van der Waals surface area (Å²) in [5, 5.41) is 12.3. The first-order valence-corrected chi connectivity index (χ1v) is 10.6. The van der Waals surface area contributed by atoms with Crippen molar-refractivity contribution < 1.29 is 0 Å². The summed E-state index contributed by atoms with van der Waals surface area (Å²) >= 11 is 3.43. The van der Waals surface area contributed by atoms with Crippen LogP contribution in [0.4, 0.5) is 5.95 Å². The van der Waals surface area contributed by atoms with E-state index in [9.17, 15) is 4.79 Å². The number of aromatic nitrogens is 2. The molecule has 6 nitrogen and oxygen atoms in total. The third-order valence-corrected chi connectivity index (χ3v) is 5.92. The Morgan fingerprint density at radius 2 is 2.07 bits per heavy atom. The van der Waals surface area contributed by atoms with Gasteiger partial charge < -0.3 is 5.32 Å². The van der Waals surface area contributed by atoms with Crippen LogP contribution in [0.1, 0.15) is 34.9 Å². The minimum absolute atomic E-state index is 0.0963. The molecule has 0 amide bonds. The van der Waals surface area contributed by atoms with E-state index in [0.717, 1.165) is 26.9 Å². The van der Waals surface area contributed by atoms with E-state index in [-0.39, 0.29) is 11.6 Å². The molecule has 2 N–H and O–H groups in total. The normalized spacial score (nSPS) is 16.0. The van der Waals surface area contributed by atoms with Gasteiger partial charge in [0.15, 0.2) is 0 Å². The van der Waals surface area contributed by atoms with Crippen molar-refractivity contribution in [3.05, 3.63) is 91.3 Å². The fourth-order valence-corrected chi connectivity index (χ4v) is 3.97. The summed E-state index contributed by atoms with van der Waals surface area (Å²) in [5.74, 6) is 0.504. The number of hydrogen-bond acceptors (Lipinski definition) is 5. The lowest BCUT2D eigenvalue weighted by molar-refractivity contribution is 0.172. The zero-order chi connectivity index (χ0) is 21.1. The topological polar surface area (TPSA) is 84.8 Å². The number of anilines is 1. The van der Waals surface area contributed by atoms with E-state index >= 15 is 0 Å². The average molecular weight is 464 g/mol. The molecular weight excluding hydrogens is 442 g/mol. The summed E-state index contributed by atoms with van der Waals surface area (Å²) in [6.07, 6.45) is 0.712. The van der Waals surface area contributed by atoms with Crippen molar-refractivity contribution in [1.29, 1.82) is 5.26 Å². The second kappa shape index (κ2) is 8.82. The molecule has 0 spiro atoms.